The molecule has 3 unspecified atom stereocenters. The normalized spacial score (nSPS) is 29.9. The molecule has 0 aromatic heterocycles. The van der Waals surface area contributed by atoms with Crippen LogP contribution in [0.2, 0.25) is 0 Å². The van der Waals surface area contributed by atoms with Crippen LogP contribution >= 0.6 is 0 Å². The SMILES string of the molecule is CN(Cc1ccc(OC2CCCC2)cc1)CC1NNC2CCCCC21. The van der Waals surface area contributed by atoms with E-state index in [1.54, 1.807) is 0 Å². The summed E-state index contributed by atoms with van der Waals surface area (Å²) in [6, 6.07) is 10.0. The molecule has 1 heterocycles. The van der Waals surface area contributed by atoms with Gasteiger partial charge in [-0.3, -0.25) is 10.9 Å². The molecule has 4 nitrogen and oxygen atoms in total. The summed E-state index contributed by atoms with van der Waals surface area (Å²) in [5.41, 5.74) is 8.45. The highest BCUT2D eigenvalue weighted by molar-refractivity contribution is 5.27. The van der Waals surface area contributed by atoms with Crippen molar-refractivity contribution in [3.8, 4) is 5.75 Å². The number of nitrogens with one attached hydrogen (secondary N) is 2. The maximum atomic E-state index is 6.07. The minimum Gasteiger partial charge on any atom is -0.490 e. The molecule has 0 radical (unpaired) electrons. The van der Waals surface area contributed by atoms with E-state index in [0.717, 1.165) is 24.8 Å². The van der Waals surface area contributed by atoms with Crippen molar-refractivity contribution < 1.29 is 4.74 Å². The standard InChI is InChI=1S/C21H33N3O/c1-24(15-21-19-8-4-5-9-20(19)22-23-21)14-16-10-12-18(13-11-16)25-17-6-2-3-7-17/h10-13,17,19-23H,2-9,14-15H2,1H3. The summed E-state index contributed by atoms with van der Waals surface area (Å²) in [5.74, 6) is 1.84. The zero-order valence-corrected chi connectivity index (χ0v) is 15.5. The molecule has 0 spiro atoms. The number of hydrogen-bond donors (Lipinski definition) is 2. The van der Waals surface area contributed by atoms with Crippen molar-refractivity contribution in [3.05, 3.63) is 29.8 Å². The second-order valence-corrected chi connectivity index (χ2v) is 8.31. The Hall–Kier alpha value is -1.10. The minimum atomic E-state index is 0.443. The smallest absolute Gasteiger partial charge is 0.119 e. The van der Waals surface area contributed by atoms with E-state index in [2.05, 4.69) is 47.1 Å². The van der Waals surface area contributed by atoms with Crippen molar-refractivity contribution in [1.82, 2.24) is 15.8 Å². The van der Waals surface area contributed by atoms with Gasteiger partial charge in [0.2, 0.25) is 0 Å². The van der Waals surface area contributed by atoms with Gasteiger partial charge in [-0.15, -0.1) is 0 Å². The summed E-state index contributed by atoms with van der Waals surface area (Å²) in [6.45, 7) is 2.10. The molecular weight excluding hydrogens is 310 g/mol. The fraction of sp³-hybridized carbons (Fsp3) is 0.714. The predicted octanol–water partition coefficient (Wildman–Crippen LogP) is 3.48. The monoisotopic (exact) mass is 343 g/mol. The fourth-order valence-electron chi connectivity index (χ4n) is 4.91. The van der Waals surface area contributed by atoms with Crippen molar-refractivity contribution in [3.63, 3.8) is 0 Å². The van der Waals surface area contributed by atoms with Gasteiger partial charge in [-0.25, -0.2) is 0 Å². The zero-order chi connectivity index (χ0) is 17.1. The minimum absolute atomic E-state index is 0.443. The molecule has 4 heteroatoms. The van der Waals surface area contributed by atoms with Crippen molar-refractivity contribution in [2.24, 2.45) is 5.92 Å². The lowest BCUT2D eigenvalue weighted by molar-refractivity contribution is 0.209. The molecule has 2 saturated carbocycles. The van der Waals surface area contributed by atoms with E-state index in [1.165, 1.54) is 56.9 Å². The molecule has 4 rings (SSSR count). The van der Waals surface area contributed by atoms with Gasteiger partial charge in [0, 0.05) is 25.2 Å². The molecule has 3 atom stereocenters. The third-order valence-electron chi connectivity index (χ3n) is 6.28. The Balaban J connectivity index is 1.26. The number of rotatable bonds is 6. The molecule has 2 N–H and O–H groups in total. The molecule has 138 valence electrons. The highest BCUT2D eigenvalue weighted by Crippen LogP contribution is 2.30. The van der Waals surface area contributed by atoms with Crippen LogP contribution in [0.15, 0.2) is 24.3 Å². The third kappa shape index (κ3) is 4.36. The van der Waals surface area contributed by atoms with E-state index in [9.17, 15) is 0 Å². The largest absolute Gasteiger partial charge is 0.490 e. The Morgan fingerprint density at radius 3 is 2.48 bits per heavy atom. The number of hydrogen-bond acceptors (Lipinski definition) is 4. The fourth-order valence-corrected chi connectivity index (χ4v) is 4.91. The molecule has 1 aromatic rings. The third-order valence-corrected chi connectivity index (χ3v) is 6.28. The number of hydrazine groups is 1. The molecule has 25 heavy (non-hydrogen) atoms. The summed E-state index contributed by atoms with van der Waals surface area (Å²) in [4.78, 5) is 2.45. The molecule has 0 bridgehead atoms. The van der Waals surface area contributed by atoms with Gasteiger partial charge in [-0.2, -0.15) is 0 Å². The molecule has 3 fully saturated rings. The van der Waals surface area contributed by atoms with Crippen molar-refractivity contribution >= 4 is 0 Å². The predicted molar refractivity (Wildman–Crippen MR) is 101 cm³/mol. The number of benzene rings is 1. The maximum absolute atomic E-state index is 6.07. The van der Waals surface area contributed by atoms with Gasteiger partial charge in [-0.1, -0.05) is 25.0 Å². The van der Waals surface area contributed by atoms with Gasteiger partial charge in [0.05, 0.1) is 6.10 Å². The van der Waals surface area contributed by atoms with Crippen molar-refractivity contribution in [2.45, 2.75) is 76.1 Å². The molecule has 1 aromatic carbocycles. The first-order valence-electron chi connectivity index (χ1n) is 10.2. The Bertz CT molecular complexity index is 541. The van der Waals surface area contributed by atoms with Crippen LogP contribution in [0.3, 0.4) is 0 Å². The molecule has 0 amide bonds. The molecule has 2 aliphatic carbocycles. The van der Waals surface area contributed by atoms with E-state index < -0.39 is 0 Å². The number of ether oxygens (including phenoxy) is 1. The summed E-state index contributed by atoms with van der Waals surface area (Å²) in [5, 5.41) is 0. The van der Waals surface area contributed by atoms with Crippen LogP contribution in [0.4, 0.5) is 0 Å². The van der Waals surface area contributed by atoms with Gasteiger partial charge in [0.25, 0.3) is 0 Å². The molecule has 1 aliphatic heterocycles. The lowest BCUT2D eigenvalue weighted by Gasteiger charge is -2.29. The van der Waals surface area contributed by atoms with E-state index in [-0.39, 0.29) is 0 Å². The summed E-state index contributed by atoms with van der Waals surface area (Å²) >= 11 is 0. The molecular formula is C21H33N3O. The highest BCUT2D eigenvalue weighted by Gasteiger charge is 2.37. The Kier molecular flexibility index (Phi) is 5.59. The van der Waals surface area contributed by atoms with Crippen LogP contribution in [0, 0.1) is 5.92 Å². The van der Waals surface area contributed by atoms with Gasteiger partial charge in [0.1, 0.15) is 5.75 Å². The van der Waals surface area contributed by atoms with Crippen molar-refractivity contribution in [2.75, 3.05) is 13.6 Å². The van der Waals surface area contributed by atoms with Gasteiger partial charge in [0.15, 0.2) is 0 Å². The van der Waals surface area contributed by atoms with Crippen LogP contribution in [0.1, 0.15) is 56.9 Å². The van der Waals surface area contributed by atoms with E-state index >= 15 is 0 Å². The summed E-state index contributed by atoms with van der Waals surface area (Å²) in [7, 11) is 2.24. The Morgan fingerprint density at radius 1 is 0.960 bits per heavy atom. The van der Waals surface area contributed by atoms with Crippen LogP contribution in [-0.4, -0.2) is 36.7 Å². The van der Waals surface area contributed by atoms with Crippen molar-refractivity contribution in [1.29, 1.82) is 0 Å². The van der Waals surface area contributed by atoms with E-state index in [0.29, 0.717) is 18.2 Å². The van der Waals surface area contributed by atoms with Crippen LogP contribution < -0.4 is 15.6 Å². The summed E-state index contributed by atoms with van der Waals surface area (Å²) < 4.78 is 6.07. The Labute approximate surface area is 152 Å². The summed E-state index contributed by atoms with van der Waals surface area (Å²) in [6.07, 6.45) is 11.0. The second-order valence-electron chi connectivity index (χ2n) is 8.31. The van der Waals surface area contributed by atoms with Gasteiger partial charge < -0.3 is 9.64 Å². The van der Waals surface area contributed by atoms with Crippen LogP contribution in [0.25, 0.3) is 0 Å². The van der Waals surface area contributed by atoms with E-state index in [1.807, 2.05) is 0 Å². The van der Waals surface area contributed by atoms with Gasteiger partial charge in [-0.05, 0) is 69.2 Å². The van der Waals surface area contributed by atoms with Gasteiger partial charge >= 0.3 is 0 Å². The maximum Gasteiger partial charge on any atom is 0.119 e. The first-order chi connectivity index (χ1) is 12.3. The Morgan fingerprint density at radius 2 is 1.68 bits per heavy atom. The first kappa shape index (κ1) is 17.3. The second kappa shape index (κ2) is 8.07. The number of fused-ring (bicyclic) bond motifs is 1. The number of nitrogens with zero attached hydrogens (tertiary/aromatic N) is 1. The zero-order valence-electron chi connectivity index (χ0n) is 15.5. The average Bonchev–Trinajstić information content (AvgIpc) is 3.27. The lowest BCUT2D eigenvalue weighted by atomic mass is 9.81. The lowest BCUT2D eigenvalue weighted by Crippen LogP contribution is -2.41. The highest BCUT2D eigenvalue weighted by atomic mass is 16.5. The number of likely N-dealkylation sites (N-methyl/N-ethyl adjacent to an activating group) is 1. The van der Waals surface area contributed by atoms with E-state index in [4.69, 9.17) is 4.74 Å². The molecule has 1 saturated heterocycles. The molecule has 3 aliphatic rings. The quantitative estimate of drug-likeness (QED) is 0.829. The van der Waals surface area contributed by atoms with Crippen LogP contribution in [0.5, 0.6) is 5.75 Å². The topological polar surface area (TPSA) is 36.5 Å². The average molecular weight is 344 g/mol. The first-order valence-corrected chi connectivity index (χ1v) is 10.2. The van der Waals surface area contributed by atoms with Crippen LogP contribution in [-0.2, 0) is 6.54 Å².